The summed E-state index contributed by atoms with van der Waals surface area (Å²) >= 11 is 0. The minimum absolute atomic E-state index is 0.0813. The first kappa shape index (κ1) is 24.3. The van der Waals surface area contributed by atoms with Crippen molar-refractivity contribution < 1.29 is 22.4 Å². The van der Waals surface area contributed by atoms with Gasteiger partial charge in [0.15, 0.2) is 0 Å². The number of hydrogen-bond donors (Lipinski definition) is 2. The van der Waals surface area contributed by atoms with Crippen LogP contribution >= 0.6 is 0 Å². The monoisotopic (exact) mass is 487 g/mol. The summed E-state index contributed by atoms with van der Waals surface area (Å²) in [6.07, 6.45) is 4.33. The molecule has 2 aliphatic rings. The Morgan fingerprint density at radius 3 is 2.47 bits per heavy atom. The number of aryl methyl sites for hydroxylation is 1. The Hall–Kier alpha value is -2.78. The van der Waals surface area contributed by atoms with E-state index in [0.717, 1.165) is 31.2 Å². The molecule has 182 valence electrons. The van der Waals surface area contributed by atoms with Gasteiger partial charge in [-0.2, -0.15) is 0 Å². The minimum Gasteiger partial charge on any atom is -0.342 e. The molecule has 2 amide bonds. The molecule has 34 heavy (non-hydrogen) atoms. The summed E-state index contributed by atoms with van der Waals surface area (Å²) in [7, 11) is -3.87. The van der Waals surface area contributed by atoms with Crippen LogP contribution in [-0.4, -0.2) is 44.0 Å². The van der Waals surface area contributed by atoms with Gasteiger partial charge in [-0.05, 0) is 67.3 Å². The number of halogens is 1. The Labute approximate surface area is 199 Å². The molecule has 1 aliphatic heterocycles. The Morgan fingerprint density at radius 1 is 1.06 bits per heavy atom. The van der Waals surface area contributed by atoms with Crippen molar-refractivity contribution >= 4 is 21.8 Å². The predicted molar refractivity (Wildman–Crippen MR) is 128 cm³/mol. The molecule has 1 saturated carbocycles. The molecule has 1 atom stereocenters. The summed E-state index contributed by atoms with van der Waals surface area (Å²) < 4.78 is 39.9. The van der Waals surface area contributed by atoms with Gasteiger partial charge >= 0.3 is 0 Å². The summed E-state index contributed by atoms with van der Waals surface area (Å²) in [4.78, 5) is 29.1. The largest absolute Gasteiger partial charge is 0.342 e. The van der Waals surface area contributed by atoms with E-state index in [4.69, 9.17) is 0 Å². The molecule has 1 unspecified atom stereocenters. The van der Waals surface area contributed by atoms with Gasteiger partial charge in [-0.15, -0.1) is 4.83 Å². The molecule has 0 spiro atoms. The van der Waals surface area contributed by atoms with Crippen molar-refractivity contribution in [1.29, 1.82) is 0 Å². The zero-order valence-corrected chi connectivity index (χ0v) is 20.0. The molecule has 1 heterocycles. The number of piperidine rings is 1. The quantitative estimate of drug-likeness (QED) is 0.585. The number of benzene rings is 2. The lowest BCUT2D eigenvalue weighted by atomic mass is 9.83. The number of likely N-dealkylation sites (tertiary alicyclic amines) is 1. The van der Waals surface area contributed by atoms with Crippen LogP contribution in [0.25, 0.3) is 11.1 Å². The number of rotatable bonds is 7. The average Bonchev–Trinajstić information content (AvgIpc) is 2.78. The molecule has 7 nitrogen and oxygen atoms in total. The van der Waals surface area contributed by atoms with E-state index in [1.807, 2.05) is 30.3 Å². The SMILES string of the molecule is Cc1cc(-c2ccccc2)cc(C(=O)NNS(=O)(=O)CC2CCCN(C(=O)C3CCC3)C2)c1F. The van der Waals surface area contributed by atoms with Crippen LogP contribution in [0.5, 0.6) is 0 Å². The van der Waals surface area contributed by atoms with Crippen molar-refractivity contribution in [2.75, 3.05) is 18.8 Å². The molecular weight excluding hydrogens is 457 g/mol. The van der Waals surface area contributed by atoms with Crippen molar-refractivity contribution in [2.24, 2.45) is 11.8 Å². The van der Waals surface area contributed by atoms with Crippen molar-refractivity contribution in [3.05, 3.63) is 59.4 Å². The minimum atomic E-state index is -3.87. The van der Waals surface area contributed by atoms with Crippen LogP contribution in [0.1, 0.15) is 48.0 Å². The number of sulfonamides is 1. The zero-order valence-electron chi connectivity index (χ0n) is 19.2. The number of carbonyl (C=O) groups is 2. The topological polar surface area (TPSA) is 95.6 Å². The molecule has 4 rings (SSSR count). The lowest BCUT2D eigenvalue weighted by molar-refractivity contribution is -0.139. The van der Waals surface area contributed by atoms with E-state index in [-0.39, 0.29) is 34.6 Å². The van der Waals surface area contributed by atoms with Gasteiger partial charge in [-0.1, -0.05) is 36.8 Å². The van der Waals surface area contributed by atoms with Gasteiger partial charge in [0.1, 0.15) is 5.82 Å². The fourth-order valence-corrected chi connectivity index (χ4v) is 5.81. The smallest absolute Gasteiger partial charge is 0.269 e. The van der Waals surface area contributed by atoms with Crippen molar-refractivity contribution in [1.82, 2.24) is 15.2 Å². The van der Waals surface area contributed by atoms with Gasteiger partial charge < -0.3 is 4.90 Å². The molecule has 0 aromatic heterocycles. The van der Waals surface area contributed by atoms with Crippen LogP contribution in [-0.2, 0) is 14.8 Å². The number of nitrogens with zero attached hydrogens (tertiary/aromatic N) is 1. The molecule has 1 aliphatic carbocycles. The highest BCUT2D eigenvalue weighted by molar-refractivity contribution is 7.89. The second-order valence-corrected chi connectivity index (χ2v) is 11.0. The summed E-state index contributed by atoms with van der Waals surface area (Å²) in [6.45, 7) is 2.62. The lowest BCUT2D eigenvalue weighted by Gasteiger charge is -2.37. The third-order valence-electron chi connectivity index (χ3n) is 6.67. The van der Waals surface area contributed by atoms with Gasteiger partial charge in [0.05, 0.1) is 11.3 Å². The van der Waals surface area contributed by atoms with Crippen molar-refractivity contribution in [3.8, 4) is 11.1 Å². The summed E-state index contributed by atoms with van der Waals surface area (Å²) in [5.74, 6) is -1.79. The van der Waals surface area contributed by atoms with Gasteiger partial charge in [-0.3, -0.25) is 15.0 Å². The number of nitrogens with one attached hydrogen (secondary N) is 2. The lowest BCUT2D eigenvalue weighted by Crippen LogP contribution is -2.48. The fraction of sp³-hybridized carbons (Fsp3) is 0.440. The molecule has 0 bridgehead atoms. The van der Waals surface area contributed by atoms with E-state index in [9.17, 15) is 22.4 Å². The van der Waals surface area contributed by atoms with E-state index >= 15 is 0 Å². The first-order valence-electron chi connectivity index (χ1n) is 11.7. The number of carbonyl (C=O) groups excluding carboxylic acids is 2. The number of hydrogen-bond acceptors (Lipinski definition) is 4. The average molecular weight is 488 g/mol. The van der Waals surface area contributed by atoms with E-state index in [0.29, 0.717) is 25.1 Å². The second-order valence-electron chi connectivity index (χ2n) is 9.28. The maximum absolute atomic E-state index is 14.7. The molecule has 9 heteroatoms. The van der Waals surface area contributed by atoms with Gasteiger partial charge in [0.2, 0.25) is 15.9 Å². The highest BCUT2D eigenvalue weighted by Crippen LogP contribution is 2.30. The van der Waals surface area contributed by atoms with Crippen LogP contribution in [0.2, 0.25) is 0 Å². The summed E-state index contributed by atoms with van der Waals surface area (Å²) in [5, 5.41) is 0. The molecule has 0 radical (unpaired) electrons. The molecule has 1 saturated heterocycles. The number of amides is 2. The first-order chi connectivity index (χ1) is 16.2. The van der Waals surface area contributed by atoms with Crippen LogP contribution in [0.3, 0.4) is 0 Å². The highest BCUT2D eigenvalue weighted by Gasteiger charge is 2.33. The molecular formula is C25H30FN3O4S. The third kappa shape index (κ3) is 5.64. The van der Waals surface area contributed by atoms with E-state index in [1.165, 1.54) is 6.07 Å². The van der Waals surface area contributed by atoms with Gasteiger partial charge in [0.25, 0.3) is 5.91 Å². The van der Waals surface area contributed by atoms with Crippen LogP contribution in [0, 0.1) is 24.6 Å². The molecule has 2 aromatic rings. The van der Waals surface area contributed by atoms with E-state index < -0.39 is 21.7 Å². The van der Waals surface area contributed by atoms with Crippen molar-refractivity contribution in [2.45, 2.75) is 39.0 Å². The predicted octanol–water partition coefficient (Wildman–Crippen LogP) is 3.40. The first-order valence-corrected chi connectivity index (χ1v) is 13.3. The summed E-state index contributed by atoms with van der Waals surface area (Å²) in [6, 6.07) is 12.3. The van der Waals surface area contributed by atoms with Crippen LogP contribution in [0.4, 0.5) is 4.39 Å². The Kier molecular flexibility index (Phi) is 7.33. The Balaban J connectivity index is 1.38. The third-order valence-corrected chi connectivity index (χ3v) is 7.99. The van der Waals surface area contributed by atoms with E-state index in [2.05, 4.69) is 10.3 Å². The van der Waals surface area contributed by atoms with Gasteiger partial charge in [-0.25, -0.2) is 12.8 Å². The molecule has 2 fully saturated rings. The molecule has 2 N–H and O–H groups in total. The van der Waals surface area contributed by atoms with Gasteiger partial charge in [0, 0.05) is 19.0 Å². The maximum Gasteiger partial charge on any atom is 0.269 e. The van der Waals surface area contributed by atoms with Crippen molar-refractivity contribution in [3.63, 3.8) is 0 Å². The molecule has 2 aromatic carbocycles. The fourth-order valence-electron chi connectivity index (χ4n) is 4.59. The highest BCUT2D eigenvalue weighted by atomic mass is 32.2. The van der Waals surface area contributed by atoms with E-state index in [1.54, 1.807) is 17.9 Å². The van der Waals surface area contributed by atoms with Crippen LogP contribution < -0.4 is 10.3 Å². The summed E-state index contributed by atoms with van der Waals surface area (Å²) in [5.41, 5.74) is 3.67. The standard InChI is InChI=1S/C25H30FN3O4S/c1-17-13-21(19-8-3-2-4-9-19)14-22(23(17)26)24(30)27-28-34(32,33)16-18-7-6-12-29(15-18)25(31)20-10-5-11-20/h2-4,8-9,13-14,18,20,28H,5-7,10-12,15-16H2,1H3,(H,27,30). The zero-order chi connectivity index (χ0) is 24.3. The normalized spacial score (nSPS) is 18.9. The second kappa shape index (κ2) is 10.2. The number of hydrazine groups is 1. The Morgan fingerprint density at radius 2 is 1.79 bits per heavy atom. The van der Waals surface area contributed by atoms with Crippen LogP contribution in [0.15, 0.2) is 42.5 Å². The maximum atomic E-state index is 14.7. The Bertz CT molecular complexity index is 1170.